The number of carbonyl (C=O) groups is 1. The first-order valence-electron chi connectivity index (χ1n) is 4.83. The highest BCUT2D eigenvalue weighted by molar-refractivity contribution is 6.31. The van der Waals surface area contributed by atoms with Crippen molar-refractivity contribution in [1.82, 2.24) is 0 Å². The molecule has 5 heteroatoms. The molecule has 0 saturated carbocycles. The lowest BCUT2D eigenvalue weighted by molar-refractivity contribution is -0.139. The molecule has 1 unspecified atom stereocenters. The summed E-state index contributed by atoms with van der Waals surface area (Å²) in [5.74, 6) is -1.51. The van der Waals surface area contributed by atoms with Crippen LogP contribution in [-0.4, -0.2) is 22.3 Å². The lowest BCUT2D eigenvalue weighted by Gasteiger charge is -2.09. The third-order valence-corrected chi connectivity index (χ3v) is 2.55. The zero-order valence-corrected chi connectivity index (χ0v) is 9.25. The average Bonchev–Trinajstić information content (AvgIpc) is 2.15. The van der Waals surface area contributed by atoms with Crippen LogP contribution in [0.1, 0.15) is 18.4 Å². The molecule has 0 saturated heterocycles. The summed E-state index contributed by atoms with van der Waals surface area (Å²) in [6.45, 7) is 0. The fraction of sp³-hybridized carbons (Fsp3) is 0.364. The fourth-order valence-corrected chi connectivity index (χ4v) is 1.64. The molecule has 0 aliphatic heterocycles. The Balaban J connectivity index is 2.57. The van der Waals surface area contributed by atoms with E-state index in [0.29, 0.717) is 10.6 Å². The van der Waals surface area contributed by atoms with Crippen molar-refractivity contribution in [3.05, 3.63) is 34.6 Å². The van der Waals surface area contributed by atoms with Crippen LogP contribution in [-0.2, 0) is 11.2 Å². The zero-order valence-electron chi connectivity index (χ0n) is 8.49. The minimum atomic E-state index is -1.08. The van der Waals surface area contributed by atoms with Crippen molar-refractivity contribution in [2.45, 2.75) is 25.4 Å². The second kappa shape index (κ2) is 5.82. The Morgan fingerprint density at radius 1 is 1.50 bits per heavy atom. The van der Waals surface area contributed by atoms with E-state index < -0.39 is 17.9 Å². The van der Waals surface area contributed by atoms with Crippen molar-refractivity contribution in [2.24, 2.45) is 0 Å². The molecule has 0 aliphatic rings. The third kappa shape index (κ3) is 3.79. The molecule has 0 spiro atoms. The van der Waals surface area contributed by atoms with Crippen molar-refractivity contribution >= 4 is 17.6 Å². The van der Waals surface area contributed by atoms with E-state index in [9.17, 15) is 14.3 Å². The van der Waals surface area contributed by atoms with E-state index in [1.807, 2.05) is 0 Å². The Kier molecular flexibility index (Phi) is 4.71. The lowest BCUT2D eigenvalue weighted by Crippen LogP contribution is -2.14. The number of benzene rings is 1. The second-order valence-electron chi connectivity index (χ2n) is 3.49. The van der Waals surface area contributed by atoms with Gasteiger partial charge in [0, 0.05) is 10.6 Å². The minimum Gasteiger partial charge on any atom is -0.481 e. The molecule has 3 nitrogen and oxygen atoms in total. The molecule has 0 heterocycles. The number of aliphatic carboxylic acids is 1. The number of hydrogen-bond donors (Lipinski definition) is 2. The van der Waals surface area contributed by atoms with Crippen LogP contribution in [0.2, 0.25) is 5.02 Å². The smallest absolute Gasteiger partial charge is 0.305 e. The molecule has 2 N–H and O–H groups in total. The van der Waals surface area contributed by atoms with Gasteiger partial charge < -0.3 is 10.2 Å². The standard InChI is InChI=1S/C11H12ClFO3/c12-9-2-1-3-10(13)8(9)5-4-7(14)6-11(15)16/h1-3,7,14H,4-6H2,(H,15,16). The number of aliphatic hydroxyl groups excluding tert-OH is 1. The molecule has 1 atom stereocenters. The van der Waals surface area contributed by atoms with Gasteiger partial charge in [-0.05, 0) is 25.0 Å². The summed E-state index contributed by atoms with van der Waals surface area (Å²) < 4.78 is 13.3. The topological polar surface area (TPSA) is 57.5 Å². The highest BCUT2D eigenvalue weighted by Gasteiger charge is 2.12. The Morgan fingerprint density at radius 2 is 2.19 bits per heavy atom. The Hall–Kier alpha value is -1.13. The van der Waals surface area contributed by atoms with Gasteiger partial charge in [0.1, 0.15) is 5.82 Å². The molecule has 0 fully saturated rings. The van der Waals surface area contributed by atoms with Gasteiger partial charge in [-0.25, -0.2) is 4.39 Å². The summed E-state index contributed by atoms with van der Waals surface area (Å²) in [6.07, 6.45) is -0.924. The number of hydrogen-bond acceptors (Lipinski definition) is 2. The summed E-state index contributed by atoms with van der Waals surface area (Å²) in [4.78, 5) is 10.3. The van der Waals surface area contributed by atoms with Crippen LogP contribution in [0.4, 0.5) is 4.39 Å². The molecule has 0 radical (unpaired) electrons. The molecule has 1 aromatic rings. The number of carboxylic acids is 1. The minimum absolute atomic E-state index is 0.174. The molecule has 0 aliphatic carbocycles. The maximum Gasteiger partial charge on any atom is 0.305 e. The lowest BCUT2D eigenvalue weighted by atomic mass is 10.0. The largest absolute Gasteiger partial charge is 0.481 e. The molecule has 1 rings (SSSR count). The van der Waals surface area contributed by atoms with E-state index in [2.05, 4.69) is 0 Å². The first-order chi connectivity index (χ1) is 7.50. The summed E-state index contributed by atoms with van der Waals surface area (Å²) in [6, 6.07) is 4.34. The van der Waals surface area contributed by atoms with Gasteiger partial charge in [-0.1, -0.05) is 17.7 Å². The number of halogens is 2. The van der Waals surface area contributed by atoms with Crippen molar-refractivity contribution in [3.63, 3.8) is 0 Å². The number of rotatable bonds is 5. The summed E-state index contributed by atoms with van der Waals surface area (Å²) in [7, 11) is 0. The van der Waals surface area contributed by atoms with E-state index in [1.165, 1.54) is 12.1 Å². The van der Waals surface area contributed by atoms with Crippen LogP contribution < -0.4 is 0 Å². The maximum absolute atomic E-state index is 13.3. The molecule has 16 heavy (non-hydrogen) atoms. The van der Waals surface area contributed by atoms with Crippen molar-refractivity contribution in [1.29, 1.82) is 0 Å². The first kappa shape index (κ1) is 12.9. The Morgan fingerprint density at radius 3 is 2.75 bits per heavy atom. The quantitative estimate of drug-likeness (QED) is 0.838. The molecular formula is C11H12ClFO3. The van der Waals surface area contributed by atoms with Crippen molar-refractivity contribution in [2.75, 3.05) is 0 Å². The SMILES string of the molecule is O=C(O)CC(O)CCc1c(F)cccc1Cl. The average molecular weight is 247 g/mol. The molecule has 1 aromatic carbocycles. The van der Waals surface area contributed by atoms with E-state index in [0.717, 1.165) is 0 Å². The molecular weight excluding hydrogens is 235 g/mol. The van der Waals surface area contributed by atoms with Crippen molar-refractivity contribution in [3.8, 4) is 0 Å². The zero-order chi connectivity index (χ0) is 12.1. The summed E-state index contributed by atoms with van der Waals surface area (Å²) in [5, 5.41) is 18.0. The van der Waals surface area contributed by atoms with Crippen molar-refractivity contribution < 1.29 is 19.4 Å². The third-order valence-electron chi connectivity index (χ3n) is 2.20. The molecule has 88 valence electrons. The van der Waals surface area contributed by atoms with Gasteiger partial charge in [-0.3, -0.25) is 4.79 Å². The van der Waals surface area contributed by atoms with E-state index in [1.54, 1.807) is 6.07 Å². The van der Waals surface area contributed by atoms with Gasteiger partial charge in [0.2, 0.25) is 0 Å². The van der Waals surface area contributed by atoms with Crippen LogP contribution in [0.5, 0.6) is 0 Å². The normalized spacial score (nSPS) is 12.4. The van der Waals surface area contributed by atoms with Crippen LogP contribution in [0.15, 0.2) is 18.2 Å². The number of aliphatic hydroxyl groups is 1. The van der Waals surface area contributed by atoms with Gasteiger partial charge in [0.05, 0.1) is 12.5 Å². The highest BCUT2D eigenvalue weighted by atomic mass is 35.5. The molecule has 0 amide bonds. The highest BCUT2D eigenvalue weighted by Crippen LogP contribution is 2.21. The predicted octanol–water partition coefficient (Wildman–Crippen LogP) is 2.25. The Labute approximate surface area is 97.5 Å². The van der Waals surface area contributed by atoms with E-state index >= 15 is 0 Å². The van der Waals surface area contributed by atoms with Gasteiger partial charge in [0.15, 0.2) is 0 Å². The van der Waals surface area contributed by atoms with Crippen LogP contribution in [0, 0.1) is 5.82 Å². The number of carboxylic acid groups (broad SMARTS) is 1. The van der Waals surface area contributed by atoms with E-state index in [-0.39, 0.29) is 19.3 Å². The fourth-order valence-electron chi connectivity index (χ4n) is 1.39. The van der Waals surface area contributed by atoms with Gasteiger partial charge >= 0.3 is 5.97 Å². The van der Waals surface area contributed by atoms with E-state index in [4.69, 9.17) is 16.7 Å². The van der Waals surface area contributed by atoms with Crippen LogP contribution in [0.25, 0.3) is 0 Å². The Bertz CT molecular complexity index is 361. The van der Waals surface area contributed by atoms with Crippen LogP contribution >= 0.6 is 11.6 Å². The molecule has 0 bridgehead atoms. The van der Waals surface area contributed by atoms with Gasteiger partial charge in [0.25, 0.3) is 0 Å². The first-order valence-corrected chi connectivity index (χ1v) is 5.21. The summed E-state index contributed by atoms with van der Waals surface area (Å²) in [5.41, 5.74) is 0.314. The van der Waals surface area contributed by atoms with Gasteiger partial charge in [-0.15, -0.1) is 0 Å². The summed E-state index contributed by atoms with van der Waals surface area (Å²) >= 11 is 5.78. The van der Waals surface area contributed by atoms with Crippen LogP contribution in [0.3, 0.4) is 0 Å². The maximum atomic E-state index is 13.3. The monoisotopic (exact) mass is 246 g/mol. The van der Waals surface area contributed by atoms with Gasteiger partial charge in [-0.2, -0.15) is 0 Å². The predicted molar refractivity (Wildman–Crippen MR) is 58.0 cm³/mol. The molecule has 0 aromatic heterocycles. The second-order valence-corrected chi connectivity index (χ2v) is 3.90.